The van der Waals surface area contributed by atoms with Gasteiger partial charge in [0.2, 0.25) is 0 Å². The lowest BCUT2D eigenvalue weighted by Crippen LogP contribution is -2.37. The molecule has 2 atom stereocenters. The van der Waals surface area contributed by atoms with E-state index < -0.39 is 15.6 Å². The van der Waals surface area contributed by atoms with Crippen LogP contribution in [0.25, 0.3) is 0 Å². The zero-order valence-electron chi connectivity index (χ0n) is 25.3. The number of phosphoric acid groups is 2. The minimum absolute atomic E-state index is 0.206. The van der Waals surface area contributed by atoms with Crippen LogP contribution in [0.3, 0.4) is 0 Å². The van der Waals surface area contributed by atoms with Crippen LogP contribution in [0, 0.1) is 0 Å². The monoisotopic (exact) mass is 590 g/mol. The molecule has 0 amide bonds. The van der Waals surface area contributed by atoms with Crippen molar-refractivity contribution in [3.8, 4) is 0 Å². The van der Waals surface area contributed by atoms with E-state index in [0.29, 0.717) is 22.1 Å². The van der Waals surface area contributed by atoms with E-state index in [1.54, 1.807) is 0 Å². The third-order valence-corrected chi connectivity index (χ3v) is 8.12. The number of quaternary nitrogens is 2. The average Bonchev–Trinajstić information content (AvgIpc) is 2.76. The van der Waals surface area contributed by atoms with Crippen LogP contribution in [0.2, 0.25) is 0 Å². The van der Waals surface area contributed by atoms with E-state index in [1.807, 2.05) is 42.3 Å². The van der Waals surface area contributed by atoms with Crippen molar-refractivity contribution in [2.24, 2.45) is 0 Å². The predicted octanol–water partition coefficient (Wildman–Crippen LogP) is 6.13. The average molecular weight is 591 g/mol. The number of unbranched alkanes of at least 4 members (excludes halogenated alkanes) is 13. The van der Waals surface area contributed by atoms with E-state index in [1.165, 1.54) is 51.4 Å². The Balaban J connectivity index is 3.39. The number of hydrogen-bond donors (Lipinski definition) is 2. The highest BCUT2D eigenvalue weighted by Gasteiger charge is 2.23. The van der Waals surface area contributed by atoms with Crippen molar-refractivity contribution >= 4 is 15.6 Å². The third kappa shape index (κ3) is 29.1. The first kappa shape index (κ1) is 38.1. The molecule has 38 heavy (non-hydrogen) atoms. The fraction of sp³-hybridized carbons (Fsp3) is 1.00. The summed E-state index contributed by atoms with van der Waals surface area (Å²) in [5.74, 6) is 0. The van der Waals surface area contributed by atoms with Crippen molar-refractivity contribution in [1.29, 1.82) is 0 Å². The van der Waals surface area contributed by atoms with Gasteiger partial charge < -0.3 is 18.8 Å². The van der Waals surface area contributed by atoms with Gasteiger partial charge >= 0.3 is 15.6 Å². The zero-order valence-corrected chi connectivity index (χ0v) is 27.1. The Bertz CT molecular complexity index is 613. The van der Waals surface area contributed by atoms with E-state index in [9.17, 15) is 18.9 Å². The molecule has 0 fully saturated rings. The molecular formula is C26H60N2O8P2+2. The zero-order chi connectivity index (χ0) is 29.0. The quantitative estimate of drug-likeness (QED) is 0.0668. The number of hydrogen-bond acceptors (Lipinski definition) is 6. The molecule has 2 N–H and O–H groups in total. The van der Waals surface area contributed by atoms with Crippen molar-refractivity contribution < 1.29 is 46.0 Å². The summed E-state index contributed by atoms with van der Waals surface area (Å²) < 4.78 is 45.1. The number of nitrogens with zero attached hydrogens (tertiary/aromatic N) is 2. The van der Waals surface area contributed by atoms with Gasteiger partial charge in [0.05, 0.1) is 55.5 Å². The standard InChI is InChI=1S/C26H58N2O8P2/c1-27(2,3)21-25-35-37(29,30)33-23-19-17-15-13-11-9-7-8-10-12-14-16-18-20-24-34-38(31,32)36-26-22-28(4,5)6/h7-26H2,1-6H3/p+2. The maximum Gasteiger partial charge on any atom is 0.472 e. The maximum atomic E-state index is 11.8. The van der Waals surface area contributed by atoms with Crippen LogP contribution in [-0.4, -0.2) is 101 Å². The van der Waals surface area contributed by atoms with Gasteiger partial charge in [-0.2, -0.15) is 0 Å². The summed E-state index contributed by atoms with van der Waals surface area (Å²) in [5.41, 5.74) is 0. The van der Waals surface area contributed by atoms with Gasteiger partial charge in [-0.1, -0.05) is 77.0 Å². The van der Waals surface area contributed by atoms with E-state index in [-0.39, 0.29) is 26.4 Å². The SMILES string of the molecule is C[N+](C)(C)CCOP(=O)(O)OCCCCCCCCCCCCCCCCOP(=O)(O)OCC[N+](C)(C)C. The molecule has 0 spiro atoms. The topological polar surface area (TPSA) is 112 Å². The fourth-order valence-electron chi connectivity index (χ4n) is 3.62. The number of likely N-dealkylation sites (N-methyl/N-ethyl adjacent to an activating group) is 2. The lowest BCUT2D eigenvalue weighted by atomic mass is 10.0. The summed E-state index contributed by atoms with van der Waals surface area (Å²) >= 11 is 0. The molecule has 0 aliphatic rings. The van der Waals surface area contributed by atoms with Gasteiger partial charge in [-0.3, -0.25) is 18.1 Å². The Morgan fingerprint density at radius 2 is 0.632 bits per heavy atom. The molecule has 0 saturated heterocycles. The lowest BCUT2D eigenvalue weighted by molar-refractivity contribution is -0.870. The molecule has 0 aliphatic carbocycles. The van der Waals surface area contributed by atoms with Gasteiger partial charge in [-0.05, 0) is 12.8 Å². The van der Waals surface area contributed by atoms with Crippen LogP contribution in [0.4, 0.5) is 0 Å². The van der Waals surface area contributed by atoms with Gasteiger partial charge in [-0.25, -0.2) is 9.13 Å². The van der Waals surface area contributed by atoms with E-state index >= 15 is 0 Å². The summed E-state index contributed by atoms with van der Waals surface area (Å²) in [6.07, 6.45) is 15.7. The van der Waals surface area contributed by atoms with Crippen molar-refractivity contribution in [1.82, 2.24) is 0 Å². The molecule has 0 heterocycles. The van der Waals surface area contributed by atoms with Crippen LogP contribution in [0.15, 0.2) is 0 Å². The molecule has 0 bridgehead atoms. The van der Waals surface area contributed by atoms with Crippen molar-refractivity contribution in [3.05, 3.63) is 0 Å². The van der Waals surface area contributed by atoms with Crippen molar-refractivity contribution in [3.63, 3.8) is 0 Å². The summed E-state index contributed by atoms with van der Waals surface area (Å²) in [4.78, 5) is 19.4. The normalized spacial score (nSPS) is 15.9. The van der Waals surface area contributed by atoms with Gasteiger partial charge in [0.25, 0.3) is 0 Å². The highest BCUT2D eigenvalue weighted by molar-refractivity contribution is 7.47. The fourth-order valence-corrected chi connectivity index (χ4v) is 5.11. The van der Waals surface area contributed by atoms with Gasteiger partial charge in [0.1, 0.15) is 26.3 Å². The largest absolute Gasteiger partial charge is 0.472 e. The smallest absolute Gasteiger partial charge is 0.329 e. The minimum Gasteiger partial charge on any atom is -0.329 e. The van der Waals surface area contributed by atoms with Crippen LogP contribution >= 0.6 is 15.6 Å². The molecule has 0 aromatic heterocycles. The molecular weight excluding hydrogens is 530 g/mol. The molecule has 2 unspecified atom stereocenters. The molecule has 0 rings (SSSR count). The first-order valence-corrected chi connectivity index (χ1v) is 17.5. The van der Waals surface area contributed by atoms with E-state index in [2.05, 4.69) is 0 Å². The molecule has 0 aromatic carbocycles. The second-order valence-electron chi connectivity index (χ2n) is 12.2. The van der Waals surface area contributed by atoms with Crippen LogP contribution in [0.1, 0.15) is 89.9 Å². The van der Waals surface area contributed by atoms with Gasteiger partial charge in [0.15, 0.2) is 0 Å². The molecule has 0 aliphatic heterocycles. The van der Waals surface area contributed by atoms with Crippen LogP contribution in [-0.2, 0) is 27.2 Å². The summed E-state index contributed by atoms with van der Waals surface area (Å²) in [6, 6.07) is 0. The van der Waals surface area contributed by atoms with Gasteiger partial charge in [0, 0.05) is 0 Å². The molecule has 230 valence electrons. The highest BCUT2D eigenvalue weighted by Crippen LogP contribution is 2.43. The Morgan fingerprint density at radius 3 is 0.868 bits per heavy atom. The van der Waals surface area contributed by atoms with Gasteiger partial charge in [-0.15, -0.1) is 0 Å². The Morgan fingerprint density at radius 1 is 0.421 bits per heavy atom. The Kier molecular flexibility index (Phi) is 21.0. The van der Waals surface area contributed by atoms with Crippen LogP contribution < -0.4 is 0 Å². The van der Waals surface area contributed by atoms with E-state index in [0.717, 1.165) is 38.5 Å². The summed E-state index contributed by atoms with van der Waals surface area (Å²) in [6.45, 7) is 2.23. The number of phosphoric ester groups is 2. The second kappa shape index (κ2) is 20.9. The van der Waals surface area contributed by atoms with Crippen molar-refractivity contribution in [2.45, 2.75) is 89.9 Å². The minimum atomic E-state index is -3.92. The first-order valence-electron chi connectivity index (χ1n) is 14.5. The van der Waals surface area contributed by atoms with Crippen molar-refractivity contribution in [2.75, 3.05) is 81.8 Å². The molecule has 10 nitrogen and oxygen atoms in total. The second-order valence-corrected chi connectivity index (χ2v) is 15.2. The first-order chi connectivity index (χ1) is 17.6. The molecule has 12 heteroatoms. The summed E-state index contributed by atoms with van der Waals surface area (Å²) in [5, 5.41) is 0. The molecule has 0 radical (unpaired) electrons. The maximum absolute atomic E-state index is 11.8. The summed E-state index contributed by atoms with van der Waals surface area (Å²) in [7, 11) is 4.16. The lowest BCUT2D eigenvalue weighted by Gasteiger charge is -2.24. The Labute approximate surface area is 233 Å². The third-order valence-electron chi connectivity index (χ3n) is 6.08. The Hall–Kier alpha value is 0.140. The number of rotatable bonds is 27. The highest BCUT2D eigenvalue weighted by atomic mass is 31.2. The van der Waals surface area contributed by atoms with Crippen LogP contribution in [0.5, 0.6) is 0 Å². The predicted molar refractivity (Wildman–Crippen MR) is 154 cm³/mol. The molecule has 0 saturated carbocycles. The molecule has 0 aromatic rings. The van der Waals surface area contributed by atoms with E-state index in [4.69, 9.17) is 18.1 Å².